The molecule has 236 valence electrons. The Balaban J connectivity index is 1.28. The van der Waals surface area contributed by atoms with Crippen LogP contribution in [0, 0.1) is 0 Å². The second-order valence-electron chi connectivity index (χ2n) is 11.0. The maximum atomic E-state index is 11.3. The van der Waals surface area contributed by atoms with Gasteiger partial charge in [0.05, 0.1) is 13.2 Å². The topological polar surface area (TPSA) is 102 Å². The Bertz CT molecular complexity index is 1480. The number of hydrogen-bond acceptors (Lipinski definition) is 5. The third-order valence-electron chi connectivity index (χ3n) is 7.46. The molecule has 0 fully saturated rings. The van der Waals surface area contributed by atoms with Gasteiger partial charge in [-0.1, -0.05) is 85.6 Å². The van der Waals surface area contributed by atoms with Crippen LogP contribution >= 0.6 is 0 Å². The molecule has 0 aliphatic heterocycles. The van der Waals surface area contributed by atoms with E-state index in [-0.39, 0.29) is 19.4 Å². The molecule has 45 heavy (non-hydrogen) atoms. The molecule has 0 aliphatic carbocycles. The molecule has 7 heteroatoms. The first-order valence-electron chi connectivity index (χ1n) is 15.6. The lowest BCUT2D eigenvalue weighted by Crippen LogP contribution is -2.07. The van der Waals surface area contributed by atoms with Gasteiger partial charge < -0.3 is 24.4 Å². The molecule has 0 heterocycles. The Morgan fingerprint density at radius 2 is 1.22 bits per heavy atom. The molecule has 4 aromatic carbocycles. The fourth-order valence-electron chi connectivity index (χ4n) is 5.14. The number of carboxylic acids is 2. The average Bonchev–Trinajstić information content (AvgIpc) is 3.05. The minimum Gasteiger partial charge on any atom is -0.493 e. The van der Waals surface area contributed by atoms with Crippen LogP contribution in [0.5, 0.6) is 17.2 Å². The molecule has 0 radical (unpaired) electrons. The lowest BCUT2D eigenvalue weighted by molar-refractivity contribution is -0.138. The minimum atomic E-state index is -0.859. The Kier molecular flexibility index (Phi) is 13.3. The number of aryl methyl sites for hydroxylation is 1. The highest BCUT2D eigenvalue weighted by atomic mass is 16.5. The molecule has 0 amide bonds. The van der Waals surface area contributed by atoms with Crippen LogP contribution in [0.15, 0.2) is 97.1 Å². The predicted molar refractivity (Wildman–Crippen MR) is 175 cm³/mol. The van der Waals surface area contributed by atoms with Crippen LogP contribution in [0.4, 0.5) is 0 Å². The zero-order valence-electron chi connectivity index (χ0n) is 25.7. The second-order valence-corrected chi connectivity index (χ2v) is 11.0. The van der Waals surface area contributed by atoms with Crippen LogP contribution in [0.2, 0.25) is 0 Å². The molecule has 0 spiro atoms. The van der Waals surface area contributed by atoms with E-state index in [1.54, 1.807) is 0 Å². The third-order valence-corrected chi connectivity index (χ3v) is 7.46. The van der Waals surface area contributed by atoms with Gasteiger partial charge in [-0.15, -0.1) is 0 Å². The number of carbonyl (C=O) groups is 2. The quantitative estimate of drug-likeness (QED) is 0.0969. The zero-order valence-corrected chi connectivity index (χ0v) is 25.7. The van der Waals surface area contributed by atoms with Crippen LogP contribution in [-0.2, 0) is 29.0 Å². The normalized spacial score (nSPS) is 10.8. The van der Waals surface area contributed by atoms with Crippen molar-refractivity contribution in [2.24, 2.45) is 0 Å². The molecule has 0 saturated heterocycles. The Morgan fingerprint density at radius 3 is 1.96 bits per heavy atom. The van der Waals surface area contributed by atoms with Crippen LogP contribution in [-0.4, -0.2) is 35.4 Å². The lowest BCUT2D eigenvalue weighted by Gasteiger charge is -2.15. The number of rotatable bonds is 20. The summed E-state index contributed by atoms with van der Waals surface area (Å²) < 4.78 is 18.2. The highest BCUT2D eigenvalue weighted by Crippen LogP contribution is 2.31. The van der Waals surface area contributed by atoms with Crippen molar-refractivity contribution in [3.8, 4) is 28.4 Å². The summed E-state index contributed by atoms with van der Waals surface area (Å²) in [6.45, 7) is 1.36. The van der Waals surface area contributed by atoms with Crippen molar-refractivity contribution in [2.45, 2.75) is 64.4 Å². The molecule has 0 bridgehead atoms. The smallest absolute Gasteiger partial charge is 0.303 e. The molecular formula is C38H42O7. The SMILES string of the molecule is O=C(O)CCCOc1cccc(CCCCCCOc2cc(OCc3ccccc3)cc(-c3ccccc3)c2)c1CCC(=O)O. The fraction of sp³-hybridized carbons (Fsp3) is 0.316. The minimum absolute atomic E-state index is 0.0182. The zero-order chi connectivity index (χ0) is 31.7. The Labute approximate surface area is 265 Å². The molecule has 0 aliphatic rings. The van der Waals surface area contributed by atoms with Crippen molar-refractivity contribution < 1.29 is 34.0 Å². The number of hydrogen-bond donors (Lipinski definition) is 2. The van der Waals surface area contributed by atoms with E-state index < -0.39 is 11.9 Å². The molecule has 0 saturated carbocycles. The standard InChI is InChI=1S/C38H42O7/c39-37(40)20-12-24-44-36-19-11-18-31(35(36)21-22-38(41)42)17-7-1-2-10-23-43-33-25-32(30-15-8-4-9-16-30)26-34(27-33)45-28-29-13-5-3-6-14-29/h3-6,8-9,11,13-16,18-19,25-27H,1-2,7,10,12,17,20-24,28H2,(H,39,40)(H,41,42). The molecule has 0 unspecified atom stereocenters. The van der Waals surface area contributed by atoms with Crippen molar-refractivity contribution in [1.82, 2.24) is 0 Å². The van der Waals surface area contributed by atoms with Crippen LogP contribution in [0.3, 0.4) is 0 Å². The van der Waals surface area contributed by atoms with E-state index in [1.807, 2.05) is 78.9 Å². The summed E-state index contributed by atoms with van der Waals surface area (Å²) in [6.07, 6.45) is 5.55. The maximum Gasteiger partial charge on any atom is 0.303 e. The molecule has 0 atom stereocenters. The van der Waals surface area contributed by atoms with Gasteiger partial charge in [-0.3, -0.25) is 9.59 Å². The number of benzene rings is 4. The summed E-state index contributed by atoms with van der Waals surface area (Å²) in [7, 11) is 0. The van der Waals surface area contributed by atoms with E-state index in [9.17, 15) is 14.7 Å². The summed E-state index contributed by atoms with van der Waals surface area (Å²) in [6, 6.07) is 32.1. The van der Waals surface area contributed by atoms with Crippen molar-refractivity contribution in [3.63, 3.8) is 0 Å². The molecule has 2 N–H and O–H groups in total. The van der Waals surface area contributed by atoms with Gasteiger partial charge in [0.2, 0.25) is 0 Å². The van der Waals surface area contributed by atoms with Gasteiger partial charge in [0, 0.05) is 18.9 Å². The van der Waals surface area contributed by atoms with Crippen molar-refractivity contribution in [2.75, 3.05) is 13.2 Å². The fourth-order valence-corrected chi connectivity index (χ4v) is 5.14. The summed E-state index contributed by atoms with van der Waals surface area (Å²) in [5, 5.41) is 18.1. The van der Waals surface area contributed by atoms with E-state index in [0.717, 1.165) is 71.4 Å². The first-order chi connectivity index (χ1) is 22.0. The Hall–Kier alpha value is -4.78. The average molecular weight is 611 g/mol. The Morgan fingerprint density at radius 1 is 0.556 bits per heavy atom. The third kappa shape index (κ3) is 11.7. The van der Waals surface area contributed by atoms with Gasteiger partial charge in [-0.25, -0.2) is 0 Å². The van der Waals surface area contributed by atoms with E-state index in [1.165, 1.54) is 0 Å². The van der Waals surface area contributed by atoms with Crippen LogP contribution < -0.4 is 14.2 Å². The lowest BCUT2D eigenvalue weighted by atomic mass is 9.97. The second kappa shape index (κ2) is 18.1. The summed E-state index contributed by atoms with van der Waals surface area (Å²) in [5.41, 5.74) is 5.24. The monoisotopic (exact) mass is 610 g/mol. The molecule has 7 nitrogen and oxygen atoms in total. The summed E-state index contributed by atoms with van der Waals surface area (Å²) >= 11 is 0. The number of unbranched alkanes of at least 4 members (excludes halogenated alkanes) is 3. The first kappa shape index (κ1) is 33.1. The van der Waals surface area contributed by atoms with E-state index >= 15 is 0 Å². The summed E-state index contributed by atoms with van der Waals surface area (Å²) in [5.74, 6) is 0.482. The number of ether oxygens (including phenoxy) is 3. The van der Waals surface area contributed by atoms with Crippen LogP contribution in [0.25, 0.3) is 11.1 Å². The molecule has 4 aromatic rings. The predicted octanol–water partition coefficient (Wildman–Crippen LogP) is 8.38. The maximum absolute atomic E-state index is 11.3. The number of aliphatic carboxylic acids is 2. The van der Waals surface area contributed by atoms with Gasteiger partial charge in [0.25, 0.3) is 0 Å². The van der Waals surface area contributed by atoms with E-state index in [2.05, 4.69) is 18.2 Å². The molecule has 0 aromatic heterocycles. The van der Waals surface area contributed by atoms with Crippen molar-refractivity contribution >= 4 is 11.9 Å². The van der Waals surface area contributed by atoms with Crippen LogP contribution in [0.1, 0.15) is 61.6 Å². The highest BCUT2D eigenvalue weighted by Gasteiger charge is 2.12. The molecular weight excluding hydrogens is 568 g/mol. The van der Waals surface area contributed by atoms with Crippen molar-refractivity contribution in [3.05, 3.63) is 114 Å². The largest absolute Gasteiger partial charge is 0.493 e. The van der Waals surface area contributed by atoms with Gasteiger partial charge in [0.1, 0.15) is 23.9 Å². The number of carboxylic acid groups (broad SMARTS) is 2. The molecule has 4 rings (SSSR count). The summed E-state index contributed by atoms with van der Waals surface area (Å²) in [4.78, 5) is 22.1. The van der Waals surface area contributed by atoms with Gasteiger partial charge >= 0.3 is 11.9 Å². The first-order valence-corrected chi connectivity index (χ1v) is 15.6. The van der Waals surface area contributed by atoms with Gasteiger partial charge in [-0.2, -0.15) is 0 Å². The van der Waals surface area contributed by atoms with Crippen molar-refractivity contribution in [1.29, 1.82) is 0 Å². The van der Waals surface area contributed by atoms with E-state index in [0.29, 0.717) is 31.8 Å². The van der Waals surface area contributed by atoms with Gasteiger partial charge in [-0.05, 0) is 78.1 Å². The van der Waals surface area contributed by atoms with Gasteiger partial charge in [0.15, 0.2) is 0 Å². The highest BCUT2D eigenvalue weighted by molar-refractivity contribution is 5.68. The van der Waals surface area contributed by atoms with E-state index in [4.69, 9.17) is 19.3 Å².